The monoisotopic (exact) mass is 251 g/mol. The van der Waals surface area contributed by atoms with Gasteiger partial charge >= 0.3 is 0 Å². The number of benzene rings is 1. The molecule has 1 saturated heterocycles. The molecule has 4 heteroatoms. The molecule has 1 aliphatic rings. The Kier molecular flexibility index (Phi) is 3.53. The van der Waals surface area contributed by atoms with Crippen LogP contribution in [0, 0.1) is 0 Å². The van der Waals surface area contributed by atoms with Gasteiger partial charge in [0.15, 0.2) is 0 Å². The van der Waals surface area contributed by atoms with Crippen molar-refractivity contribution in [2.75, 3.05) is 13.2 Å². The van der Waals surface area contributed by atoms with Gasteiger partial charge in [0.1, 0.15) is 6.10 Å². The number of rotatable bonds is 3. The Labute approximate surface area is 103 Å². The lowest BCUT2D eigenvalue weighted by atomic mass is 10.0. The van der Waals surface area contributed by atoms with E-state index in [1.807, 2.05) is 49.0 Å². The van der Waals surface area contributed by atoms with Crippen LogP contribution in [0.3, 0.4) is 0 Å². The molecule has 1 aromatic carbocycles. The van der Waals surface area contributed by atoms with Crippen LogP contribution in [0.4, 0.5) is 0 Å². The second kappa shape index (κ2) is 4.77. The molecule has 1 aliphatic heterocycles. The van der Waals surface area contributed by atoms with Crippen LogP contribution in [0.1, 0.15) is 18.6 Å². The van der Waals surface area contributed by atoms with E-state index in [9.17, 15) is 4.57 Å². The van der Waals surface area contributed by atoms with Gasteiger partial charge in [-0.25, -0.2) is 4.67 Å². The second-order valence-corrected chi connectivity index (χ2v) is 6.84. The molecular weight excluding hydrogens is 233 g/mol. The normalized spacial score (nSPS) is 33.8. The Morgan fingerprint density at radius 1 is 1.47 bits per heavy atom. The van der Waals surface area contributed by atoms with Gasteiger partial charge in [0.2, 0.25) is 0 Å². The zero-order chi connectivity index (χ0) is 12.5. The standard InChI is InChI=1S/C13H18NO2P/c1-4-10-17(15)14(3)11(2)13(16-17)12-8-6-5-7-9-12/h4-9,11,13H,1,10H2,2-3H3/t11-,13-,17+/m0/s1. The van der Waals surface area contributed by atoms with Crippen LogP contribution < -0.4 is 0 Å². The van der Waals surface area contributed by atoms with Gasteiger partial charge in [-0.05, 0) is 19.5 Å². The van der Waals surface area contributed by atoms with Gasteiger partial charge in [-0.1, -0.05) is 36.4 Å². The van der Waals surface area contributed by atoms with E-state index in [0.29, 0.717) is 6.16 Å². The lowest BCUT2D eigenvalue weighted by Gasteiger charge is -2.19. The van der Waals surface area contributed by atoms with Gasteiger partial charge in [0.25, 0.3) is 7.52 Å². The smallest absolute Gasteiger partial charge is 0.276 e. The van der Waals surface area contributed by atoms with Crippen molar-refractivity contribution >= 4 is 7.52 Å². The van der Waals surface area contributed by atoms with Crippen LogP contribution >= 0.6 is 7.52 Å². The number of hydrogen-bond acceptors (Lipinski definition) is 2. The molecule has 0 unspecified atom stereocenters. The molecule has 0 bridgehead atoms. The molecule has 3 nitrogen and oxygen atoms in total. The molecule has 0 amide bonds. The van der Waals surface area contributed by atoms with Crippen molar-refractivity contribution < 1.29 is 9.09 Å². The number of likely N-dealkylation sites (N-methyl/N-ethyl adjacent to an activating group) is 1. The van der Waals surface area contributed by atoms with Crippen LogP contribution in [0.5, 0.6) is 0 Å². The van der Waals surface area contributed by atoms with E-state index in [1.165, 1.54) is 0 Å². The molecule has 3 atom stereocenters. The topological polar surface area (TPSA) is 29.5 Å². The third-order valence-corrected chi connectivity index (χ3v) is 5.88. The van der Waals surface area contributed by atoms with Gasteiger partial charge in [0, 0.05) is 6.04 Å². The molecule has 0 aromatic heterocycles. The molecule has 1 fully saturated rings. The quantitative estimate of drug-likeness (QED) is 0.608. The highest BCUT2D eigenvalue weighted by molar-refractivity contribution is 7.56. The fourth-order valence-electron chi connectivity index (χ4n) is 2.13. The minimum atomic E-state index is -2.72. The van der Waals surface area contributed by atoms with Gasteiger partial charge in [-0.15, -0.1) is 6.58 Å². The number of allylic oxidation sites excluding steroid dienone is 1. The molecule has 92 valence electrons. The van der Waals surface area contributed by atoms with Crippen LogP contribution in [0.2, 0.25) is 0 Å². The van der Waals surface area contributed by atoms with Crippen molar-refractivity contribution in [1.29, 1.82) is 0 Å². The maximum atomic E-state index is 12.6. The largest absolute Gasteiger partial charge is 0.307 e. The average Bonchev–Trinajstić information content (AvgIpc) is 2.56. The predicted octanol–water partition coefficient (Wildman–Crippen LogP) is 3.46. The zero-order valence-corrected chi connectivity index (χ0v) is 11.1. The Morgan fingerprint density at radius 3 is 2.71 bits per heavy atom. The summed E-state index contributed by atoms with van der Waals surface area (Å²) in [6.07, 6.45) is 1.95. The van der Waals surface area contributed by atoms with Gasteiger partial charge in [-0.3, -0.25) is 4.57 Å². The van der Waals surface area contributed by atoms with E-state index in [2.05, 4.69) is 6.58 Å². The molecule has 0 radical (unpaired) electrons. The Morgan fingerprint density at radius 2 is 2.12 bits per heavy atom. The summed E-state index contributed by atoms with van der Waals surface area (Å²) in [5.41, 5.74) is 1.08. The molecule has 0 spiro atoms. The fourth-order valence-corrected chi connectivity index (χ4v) is 4.28. The van der Waals surface area contributed by atoms with E-state index in [-0.39, 0.29) is 12.1 Å². The summed E-state index contributed by atoms with van der Waals surface area (Å²) in [7, 11) is -0.865. The van der Waals surface area contributed by atoms with Crippen LogP contribution in [0.25, 0.3) is 0 Å². The van der Waals surface area contributed by atoms with E-state index in [4.69, 9.17) is 4.52 Å². The Bertz CT molecular complexity index is 446. The summed E-state index contributed by atoms with van der Waals surface area (Å²) in [4.78, 5) is 0. The van der Waals surface area contributed by atoms with Crippen molar-refractivity contribution in [1.82, 2.24) is 4.67 Å². The van der Waals surface area contributed by atoms with Gasteiger partial charge in [-0.2, -0.15) is 0 Å². The molecular formula is C13H18NO2P. The number of nitrogens with zero attached hydrogens (tertiary/aromatic N) is 1. The Balaban J connectivity index is 2.29. The van der Waals surface area contributed by atoms with Crippen molar-refractivity contribution in [2.45, 2.75) is 19.1 Å². The third kappa shape index (κ3) is 2.23. The van der Waals surface area contributed by atoms with E-state index >= 15 is 0 Å². The van der Waals surface area contributed by atoms with E-state index in [1.54, 1.807) is 6.08 Å². The first-order chi connectivity index (χ1) is 8.08. The fraction of sp³-hybridized carbons (Fsp3) is 0.385. The summed E-state index contributed by atoms with van der Waals surface area (Å²) < 4.78 is 20.2. The summed E-state index contributed by atoms with van der Waals surface area (Å²) >= 11 is 0. The maximum absolute atomic E-state index is 12.6. The minimum Gasteiger partial charge on any atom is -0.307 e. The van der Waals surface area contributed by atoms with E-state index in [0.717, 1.165) is 5.56 Å². The first-order valence-corrected chi connectivity index (χ1v) is 7.51. The molecule has 2 rings (SSSR count). The first-order valence-electron chi connectivity index (χ1n) is 5.75. The SMILES string of the molecule is C=CC[P@@]1(=O)O[C@H](c2ccccc2)[C@H](C)N1C. The highest BCUT2D eigenvalue weighted by Crippen LogP contribution is 2.61. The van der Waals surface area contributed by atoms with Crippen LogP contribution in [-0.4, -0.2) is 23.9 Å². The van der Waals surface area contributed by atoms with Crippen molar-refractivity contribution in [3.63, 3.8) is 0 Å². The lowest BCUT2D eigenvalue weighted by molar-refractivity contribution is 0.211. The highest BCUT2D eigenvalue weighted by atomic mass is 31.2. The summed E-state index contributed by atoms with van der Waals surface area (Å²) in [5.74, 6) is 0. The molecule has 0 saturated carbocycles. The van der Waals surface area contributed by atoms with Crippen molar-refractivity contribution in [2.24, 2.45) is 0 Å². The third-order valence-electron chi connectivity index (χ3n) is 3.27. The van der Waals surface area contributed by atoms with Crippen molar-refractivity contribution in [3.8, 4) is 0 Å². The van der Waals surface area contributed by atoms with Crippen LogP contribution in [-0.2, 0) is 9.09 Å². The summed E-state index contributed by atoms with van der Waals surface area (Å²) in [5, 5.41) is 0. The number of hydrogen-bond donors (Lipinski definition) is 0. The zero-order valence-electron chi connectivity index (χ0n) is 10.2. The molecule has 1 aromatic rings. The minimum absolute atomic E-state index is 0.114. The molecule has 17 heavy (non-hydrogen) atoms. The maximum Gasteiger partial charge on any atom is 0.276 e. The highest BCUT2D eigenvalue weighted by Gasteiger charge is 2.45. The van der Waals surface area contributed by atoms with Crippen LogP contribution in [0.15, 0.2) is 43.0 Å². The van der Waals surface area contributed by atoms with Gasteiger partial charge < -0.3 is 4.52 Å². The first kappa shape index (κ1) is 12.6. The molecule has 0 N–H and O–H groups in total. The second-order valence-electron chi connectivity index (χ2n) is 4.36. The predicted molar refractivity (Wildman–Crippen MR) is 70.2 cm³/mol. The van der Waals surface area contributed by atoms with Crippen molar-refractivity contribution in [3.05, 3.63) is 48.6 Å². The van der Waals surface area contributed by atoms with E-state index < -0.39 is 7.52 Å². The van der Waals surface area contributed by atoms with Gasteiger partial charge in [0.05, 0.1) is 6.16 Å². The lowest BCUT2D eigenvalue weighted by Crippen LogP contribution is -2.23. The summed E-state index contributed by atoms with van der Waals surface area (Å²) in [6.45, 7) is 5.69. The molecule has 0 aliphatic carbocycles. The average molecular weight is 251 g/mol. The summed E-state index contributed by atoms with van der Waals surface area (Å²) in [6, 6.07) is 10.1. The molecule has 1 heterocycles. The Hall–Kier alpha value is -0.890.